The van der Waals surface area contributed by atoms with E-state index in [2.05, 4.69) is 6.07 Å². The number of ether oxygens (including phenoxy) is 1. The molecule has 0 saturated heterocycles. The molecular weight excluding hydrogens is 202 g/mol. The summed E-state index contributed by atoms with van der Waals surface area (Å²) < 4.78 is 5.06. The lowest BCUT2D eigenvalue weighted by Crippen LogP contribution is -2.11. The molecule has 0 N–H and O–H groups in total. The number of carbonyl (C=O) groups is 1. The van der Waals surface area contributed by atoms with Gasteiger partial charge < -0.3 is 4.74 Å². The van der Waals surface area contributed by atoms with Crippen LogP contribution in [0.3, 0.4) is 0 Å². The Balaban J connectivity index is 2.30. The van der Waals surface area contributed by atoms with Crippen molar-refractivity contribution in [2.24, 2.45) is 5.92 Å². The van der Waals surface area contributed by atoms with Crippen molar-refractivity contribution in [1.29, 1.82) is 5.26 Å². The van der Waals surface area contributed by atoms with Crippen molar-refractivity contribution >= 4 is 5.78 Å². The molecule has 1 fully saturated rings. The third-order valence-corrected chi connectivity index (χ3v) is 3.26. The van der Waals surface area contributed by atoms with E-state index in [9.17, 15) is 10.1 Å². The van der Waals surface area contributed by atoms with Crippen molar-refractivity contribution in [2.45, 2.75) is 18.8 Å². The number of carbonyl (C=O) groups excluding carboxylic acids is 1. The summed E-state index contributed by atoms with van der Waals surface area (Å²) in [6, 6.07) is 9.65. The molecule has 16 heavy (non-hydrogen) atoms. The molecule has 0 radical (unpaired) electrons. The molecule has 1 aromatic rings. The van der Waals surface area contributed by atoms with Crippen LogP contribution in [-0.4, -0.2) is 12.9 Å². The summed E-state index contributed by atoms with van der Waals surface area (Å²) >= 11 is 0. The van der Waals surface area contributed by atoms with Crippen LogP contribution in [0.4, 0.5) is 0 Å². The Morgan fingerprint density at radius 2 is 2.12 bits per heavy atom. The molecule has 1 aliphatic carbocycles. The lowest BCUT2D eigenvalue weighted by atomic mass is 9.94. The fourth-order valence-corrected chi connectivity index (χ4v) is 2.15. The summed E-state index contributed by atoms with van der Waals surface area (Å²) in [7, 11) is 1.60. The number of hydrogen-bond donors (Lipinski definition) is 0. The largest absolute Gasteiger partial charge is 0.497 e. The van der Waals surface area contributed by atoms with E-state index in [1.165, 1.54) is 0 Å². The number of nitriles is 1. The van der Waals surface area contributed by atoms with E-state index in [0.29, 0.717) is 6.42 Å². The molecule has 0 spiro atoms. The highest BCUT2D eigenvalue weighted by Crippen LogP contribution is 2.54. The molecule has 3 heteroatoms. The van der Waals surface area contributed by atoms with Crippen LogP contribution >= 0.6 is 0 Å². The Morgan fingerprint density at radius 1 is 1.50 bits per heavy atom. The van der Waals surface area contributed by atoms with Gasteiger partial charge in [-0.05, 0) is 31.0 Å². The zero-order valence-corrected chi connectivity index (χ0v) is 9.36. The first-order chi connectivity index (χ1) is 7.64. The van der Waals surface area contributed by atoms with Gasteiger partial charge in [-0.25, -0.2) is 0 Å². The molecule has 0 amide bonds. The van der Waals surface area contributed by atoms with E-state index in [1.807, 2.05) is 24.3 Å². The summed E-state index contributed by atoms with van der Waals surface area (Å²) in [6.45, 7) is 1.55. The number of benzene rings is 1. The predicted molar refractivity (Wildman–Crippen MR) is 59.1 cm³/mol. The topological polar surface area (TPSA) is 50.1 Å². The molecule has 2 rings (SSSR count). The van der Waals surface area contributed by atoms with Gasteiger partial charge in [0.15, 0.2) is 0 Å². The molecule has 2 atom stereocenters. The predicted octanol–water partition coefficient (Wildman–Crippen LogP) is 2.07. The lowest BCUT2D eigenvalue weighted by Gasteiger charge is -2.08. The lowest BCUT2D eigenvalue weighted by molar-refractivity contribution is -0.118. The summed E-state index contributed by atoms with van der Waals surface area (Å²) in [4.78, 5) is 11.3. The molecule has 0 heterocycles. The highest BCUT2D eigenvalue weighted by Gasteiger charge is 2.58. The quantitative estimate of drug-likeness (QED) is 0.775. The minimum Gasteiger partial charge on any atom is -0.497 e. The molecule has 0 bridgehead atoms. The Hall–Kier alpha value is -1.82. The Labute approximate surface area is 94.6 Å². The summed E-state index contributed by atoms with van der Waals surface area (Å²) in [5, 5.41) is 9.22. The van der Waals surface area contributed by atoms with Crippen molar-refractivity contribution in [3.05, 3.63) is 29.8 Å². The van der Waals surface area contributed by atoms with Crippen molar-refractivity contribution in [1.82, 2.24) is 0 Å². The monoisotopic (exact) mass is 215 g/mol. The second-order valence-electron chi connectivity index (χ2n) is 4.18. The first-order valence-corrected chi connectivity index (χ1v) is 5.20. The molecule has 2 unspecified atom stereocenters. The number of methoxy groups -OCH3 is 1. The van der Waals surface area contributed by atoms with Crippen LogP contribution in [0.25, 0.3) is 0 Å². The fraction of sp³-hybridized carbons (Fsp3) is 0.385. The molecule has 1 saturated carbocycles. The zero-order chi connectivity index (χ0) is 11.8. The SMILES string of the molecule is COc1ccc(C2(C#N)CC2C(C)=O)cc1. The number of ketones is 1. The van der Waals surface area contributed by atoms with Gasteiger partial charge in [0.2, 0.25) is 0 Å². The van der Waals surface area contributed by atoms with E-state index in [0.717, 1.165) is 11.3 Å². The molecule has 82 valence electrons. The average Bonchev–Trinajstić information content (AvgIpc) is 3.05. The van der Waals surface area contributed by atoms with E-state index in [1.54, 1.807) is 14.0 Å². The van der Waals surface area contributed by atoms with Gasteiger partial charge in [-0.15, -0.1) is 0 Å². The van der Waals surface area contributed by atoms with Crippen LogP contribution in [0.2, 0.25) is 0 Å². The third-order valence-electron chi connectivity index (χ3n) is 3.26. The second kappa shape index (κ2) is 3.64. The van der Waals surface area contributed by atoms with Gasteiger partial charge in [-0.3, -0.25) is 4.79 Å². The minimum absolute atomic E-state index is 0.0948. The van der Waals surface area contributed by atoms with E-state index >= 15 is 0 Å². The van der Waals surface area contributed by atoms with Crippen molar-refractivity contribution in [3.8, 4) is 11.8 Å². The Kier molecular flexibility index (Phi) is 2.43. The normalized spacial score (nSPS) is 26.9. The van der Waals surface area contributed by atoms with Crippen LogP contribution in [-0.2, 0) is 10.2 Å². The standard InChI is InChI=1S/C13H13NO2/c1-9(15)12-7-13(12,8-14)10-3-5-11(16-2)6-4-10/h3-6,12H,7H2,1-2H3. The number of rotatable bonds is 3. The number of nitrogens with zero attached hydrogens (tertiary/aromatic N) is 1. The summed E-state index contributed by atoms with van der Waals surface area (Å²) in [5.41, 5.74) is 0.328. The highest BCUT2D eigenvalue weighted by atomic mass is 16.5. The summed E-state index contributed by atoms with van der Waals surface area (Å²) in [6.07, 6.45) is 0.644. The fourth-order valence-electron chi connectivity index (χ4n) is 2.15. The number of hydrogen-bond acceptors (Lipinski definition) is 3. The smallest absolute Gasteiger partial charge is 0.134 e. The van der Waals surface area contributed by atoms with Crippen molar-refractivity contribution in [2.75, 3.05) is 7.11 Å². The van der Waals surface area contributed by atoms with Crippen molar-refractivity contribution in [3.63, 3.8) is 0 Å². The van der Waals surface area contributed by atoms with Crippen LogP contribution in [0, 0.1) is 17.2 Å². The van der Waals surface area contributed by atoms with E-state index < -0.39 is 5.41 Å². The van der Waals surface area contributed by atoms with E-state index in [-0.39, 0.29) is 11.7 Å². The van der Waals surface area contributed by atoms with Crippen LogP contribution in [0.15, 0.2) is 24.3 Å². The van der Waals surface area contributed by atoms with Gasteiger partial charge in [-0.2, -0.15) is 5.26 Å². The molecular formula is C13H13NO2. The zero-order valence-electron chi connectivity index (χ0n) is 9.36. The highest BCUT2D eigenvalue weighted by molar-refractivity contribution is 5.85. The first kappa shape index (κ1) is 10.7. The van der Waals surface area contributed by atoms with Gasteiger partial charge in [-0.1, -0.05) is 12.1 Å². The molecule has 0 aromatic heterocycles. The van der Waals surface area contributed by atoms with Crippen LogP contribution in [0.5, 0.6) is 5.75 Å². The third kappa shape index (κ3) is 1.47. The van der Waals surface area contributed by atoms with Gasteiger partial charge in [0, 0.05) is 5.92 Å². The Morgan fingerprint density at radius 3 is 2.50 bits per heavy atom. The Bertz CT molecular complexity index is 458. The van der Waals surface area contributed by atoms with Gasteiger partial charge in [0.05, 0.1) is 18.6 Å². The molecule has 1 aliphatic rings. The van der Waals surface area contributed by atoms with Crippen molar-refractivity contribution < 1.29 is 9.53 Å². The minimum atomic E-state index is -0.585. The maximum atomic E-state index is 11.3. The van der Waals surface area contributed by atoms with Crippen LogP contribution in [0.1, 0.15) is 18.9 Å². The van der Waals surface area contributed by atoms with Gasteiger partial charge >= 0.3 is 0 Å². The molecule has 0 aliphatic heterocycles. The molecule has 1 aromatic carbocycles. The number of Topliss-reactive ketones (excluding diaryl/α,β-unsaturated/α-hetero) is 1. The van der Waals surface area contributed by atoms with Crippen LogP contribution < -0.4 is 4.74 Å². The molecule has 3 nitrogen and oxygen atoms in total. The maximum absolute atomic E-state index is 11.3. The average molecular weight is 215 g/mol. The second-order valence-corrected chi connectivity index (χ2v) is 4.18. The van der Waals surface area contributed by atoms with Gasteiger partial charge in [0.1, 0.15) is 11.5 Å². The summed E-state index contributed by atoms with van der Waals surface area (Å²) in [5.74, 6) is 0.722. The maximum Gasteiger partial charge on any atom is 0.134 e. The van der Waals surface area contributed by atoms with E-state index in [4.69, 9.17) is 4.74 Å². The first-order valence-electron chi connectivity index (χ1n) is 5.20. The van der Waals surface area contributed by atoms with Gasteiger partial charge in [0.25, 0.3) is 0 Å².